The van der Waals surface area contributed by atoms with Crippen LogP contribution in [-0.4, -0.2) is 18.0 Å². The van der Waals surface area contributed by atoms with Gasteiger partial charge in [-0.25, -0.2) is 4.98 Å². The third-order valence-electron chi connectivity index (χ3n) is 2.43. The van der Waals surface area contributed by atoms with E-state index in [1.54, 1.807) is 13.2 Å². The van der Waals surface area contributed by atoms with Gasteiger partial charge in [0.15, 0.2) is 5.13 Å². The average molecular weight is 265 g/mol. The van der Waals surface area contributed by atoms with E-state index in [1.807, 2.05) is 13.0 Å². The molecule has 0 radical (unpaired) electrons. The molecule has 3 N–H and O–H groups in total. The molecule has 96 valence electrons. The van der Waals surface area contributed by atoms with Crippen LogP contribution in [0, 0.1) is 0 Å². The molecule has 0 saturated heterocycles. The maximum Gasteiger partial charge on any atom is 0.226 e. The molecule has 0 atom stereocenters. The second-order valence-corrected chi connectivity index (χ2v) is 4.92. The summed E-state index contributed by atoms with van der Waals surface area (Å²) in [5.41, 5.74) is 7.12. The molecule has 0 spiro atoms. The quantitative estimate of drug-likeness (QED) is 0.833. The summed E-state index contributed by atoms with van der Waals surface area (Å²) in [6.45, 7) is 1.96. The molecule has 1 amide bonds. The fourth-order valence-electron chi connectivity index (χ4n) is 1.64. The van der Waals surface area contributed by atoms with Gasteiger partial charge in [-0.05, 0) is 12.5 Å². The number of nitrogen functional groups attached to an aromatic ring is 1. The van der Waals surface area contributed by atoms with Crippen molar-refractivity contribution in [1.82, 2.24) is 4.98 Å². The first kappa shape index (κ1) is 12.6. The minimum Gasteiger partial charge on any atom is -0.494 e. The minimum absolute atomic E-state index is 0.0245. The molecule has 1 heterocycles. The Bertz CT molecular complexity index is 580. The van der Waals surface area contributed by atoms with E-state index in [0.29, 0.717) is 23.0 Å². The minimum atomic E-state index is -0.0245. The largest absolute Gasteiger partial charge is 0.494 e. The van der Waals surface area contributed by atoms with Gasteiger partial charge in [0.25, 0.3) is 0 Å². The standard InChI is InChI=1S/C12H15N3O2S/c1-3-4-10(16)14-12-15-11-8(17-2)5-7(13)6-9(11)18-12/h5-6H,3-4,13H2,1-2H3,(H,14,15,16). The number of carbonyl (C=O) groups excluding carboxylic acids is 1. The Morgan fingerprint density at radius 1 is 1.56 bits per heavy atom. The van der Waals surface area contributed by atoms with Gasteiger partial charge >= 0.3 is 0 Å². The molecule has 0 unspecified atom stereocenters. The molecular formula is C12H15N3O2S. The van der Waals surface area contributed by atoms with Crippen molar-refractivity contribution in [1.29, 1.82) is 0 Å². The Hall–Kier alpha value is -1.82. The third kappa shape index (κ3) is 2.53. The fourth-order valence-corrected chi connectivity index (χ4v) is 2.58. The monoisotopic (exact) mass is 265 g/mol. The van der Waals surface area contributed by atoms with E-state index >= 15 is 0 Å². The van der Waals surface area contributed by atoms with E-state index in [4.69, 9.17) is 10.5 Å². The molecule has 2 aromatic rings. The Balaban J connectivity index is 2.35. The van der Waals surface area contributed by atoms with E-state index < -0.39 is 0 Å². The predicted molar refractivity (Wildman–Crippen MR) is 74.1 cm³/mol. The highest BCUT2D eigenvalue weighted by Crippen LogP contribution is 2.34. The number of rotatable bonds is 4. The molecule has 0 aliphatic heterocycles. The number of hydrogen-bond acceptors (Lipinski definition) is 5. The number of methoxy groups -OCH3 is 1. The lowest BCUT2D eigenvalue weighted by Gasteiger charge is -2.01. The van der Waals surface area contributed by atoms with Crippen LogP contribution in [0.1, 0.15) is 19.8 Å². The third-order valence-corrected chi connectivity index (χ3v) is 3.34. The summed E-state index contributed by atoms with van der Waals surface area (Å²) < 4.78 is 6.13. The number of hydrogen-bond donors (Lipinski definition) is 2. The Labute approximate surface area is 109 Å². The molecule has 2 rings (SSSR count). The lowest BCUT2D eigenvalue weighted by Crippen LogP contribution is -2.09. The van der Waals surface area contributed by atoms with E-state index in [2.05, 4.69) is 10.3 Å². The number of fused-ring (bicyclic) bond motifs is 1. The van der Waals surface area contributed by atoms with Gasteiger partial charge in [0.1, 0.15) is 11.3 Å². The molecular weight excluding hydrogens is 250 g/mol. The second kappa shape index (κ2) is 5.22. The van der Waals surface area contributed by atoms with Crippen LogP contribution < -0.4 is 15.8 Å². The van der Waals surface area contributed by atoms with Crippen LogP contribution in [0.5, 0.6) is 5.75 Å². The van der Waals surface area contributed by atoms with Crippen molar-refractivity contribution in [3.63, 3.8) is 0 Å². The van der Waals surface area contributed by atoms with Crippen molar-refractivity contribution < 1.29 is 9.53 Å². The van der Waals surface area contributed by atoms with Crippen molar-refractivity contribution in [2.45, 2.75) is 19.8 Å². The van der Waals surface area contributed by atoms with E-state index in [-0.39, 0.29) is 5.91 Å². The summed E-state index contributed by atoms with van der Waals surface area (Å²) in [6, 6.07) is 3.55. The number of nitrogens with zero attached hydrogens (tertiary/aromatic N) is 1. The summed E-state index contributed by atoms with van der Waals surface area (Å²) in [5, 5.41) is 3.35. The normalized spacial score (nSPS) is 10.6. The van der Waals surface area contributed by atoms with Crippen LogP contribution in [0.25, 0.3) is 10.2 Å². The lowest BCUT2D eigenvalue weighted by molar-refractivity contribution is -0.116. The van der Waals surface area contributed by atoms with Gasteiger partial charge in [-0.2, -0.15) is 0 Å². The Morgan fingerprint density at radius 2 is 2.33 bits per heavy atom. The first-order chi connectivity index (χ1) is 8.63. The average Bonchev–Trinajstić information content (AvgIpc) is 2.70. The van der Waals surface area contributed by atoms with Crippen LogP contribution in [0.15, 0.2) is 12.1 Å². The number of nitrogens with one attached hydrogen (secondary N) is 1. The number of ether oxygens (including phenoxy) is 1. The first-order valence-corrected chi connectivity index (χ1v) is 6.49. The van der Waals surface area contributed by atoms with E-state index in [0.717, 1.165) is 16.6 Å². The smallest absolute Gasteiger partial charge is 0.226 e. The van der Waals surface area contributed by atoms with Crippen molar-refractivity contribution >= 4 is 38.3 Å². The Kier molecular flexibility index (Phi) is 3.66. The van der Waals surface area contributed by atoms with Gasteiger partial charge in [-0.3, -0.25) is 4.79 Å². The van der Waals surface area contributed by atoms with Gasteiger partial charge in [0.2, 0.25) is 5.91 Å². The van der Waals surface area contributed by atoms with Gasteiger partial charge in [-0.15, -0.1) is 0 Å². The van der Waals surface area contributed by atoms with Crippen LogP contribution in [-0.2, 0) is 4.79 Å². The molecule has 0 saturated carbocycles. The molecule has 1 aromatic heterocycles. The number of carbonyl (C=O) groups is 1. The molecule has 0 aliphatic rings. The van der Waals surface area contributed by atoms with E-state index in [1.165, 1.54) is 11.3 Å². The van der Waals surface area contributed by atoms with E-state index in [9.17, 15) is 4.79 Å². The number of amides is 1. The predicted octanol–water partition coefficient (Wildman–Crippen LogP) is 2.63. The number of nitrogens with two attached hydrogens (primary N) is 1. The SMILES string of the molecule is CCCC(=O)Nc1nc2c(OC)cc(N)cc2s1. The van der Waals surface area contributed by atoms with Crippen molar-refractivity contribution in [3.05, 3.63) is 12.1 Å². The van der Waals surface area contributed by atoms with Gasteiger partial charge < -0.3 is 15.8 Å². The second-order valence-electron chi connectivity index (χ2n) is 3.89. The lowest BCUT2D eigenvalue weighted by atomic mass is 10.3. The zero-order valence-corrected chi connectivity index (χ0v) is 11.1. The number of anilines is 2. The summed E-state index contributed by atoms with van der Waals surface area (Å²) in [7, 11) is 1.57. The zero-order valence-electron chi connectivity index (χ0n) is 10.3. The number of aromatic nitrogens is 1. The summed E-state index contributed by atoms with van der Waals surface area (Å²) >= 11 is 1.39. The molecule has 0 aliphatic carbocycles. The molecule has 18 heavy (non-hydrogen) atoms. The fraction of sp³-hybridized carbons (Fsp3) is 0.333. The van der Waals surface area contributed by atoms with Crippen LogP contribution in [0.4, 0.5) is 10.8 Å². The van der Waals surface area contributed by atoms with Gasteiger partial charge in [0.05, 0.1) is 11.8 Å². The summed E-state index contributed by atoms with van der Waals surface area (Å²) in [5.74, 6) is 0.598. The van der Waals surface area contributed by atoms with Crippen LogP contribution in [0.2, 0.25) is 0 Å². The van der Waals surface area contributed by atoms with Crippen molar-refractivity contribution in [2.24, 2.45) is 0 Å². The first-order valence-electron chi connectivity index (χ1n) is 5.68. The number of thiazole rings is 1. The molecule has 0 fully saturated rings. The highest BCUT2D eigenvalue weighted by molar-refractivity contribution is 7.22. The maximum absolute atomic E-state index is 11.5. The highest BCUT2D eigenvalue weighted by Gasteiger charge is 2.11. The topological polar surface area (TPSA) is 77.2 Å². The maximum atomic E-state index is 11.5. The van der Waals surface area contributed by atoms with Crippen molar-refractivity contribution in [3.8, 4) is 5.75 Å². The van der Waals surface area contributed by atoms with Crippen LogP contribution >= 0.6 is 11.3 Å². The van der Waals surface area contributed by atoms with Gasteiger partial charge in [0, 0.05) is 18.2 Å². The summed E-state index contributed by atoms with van der Waals surface area (Å²) in [4.78, 5) is 15.9. The molecule has 6 heteroatoms. The van der Waals surface area contributed by atoms with Crippen molar-refractivity contribution in [2.75, 3.05) is 18.2 Å². The number of benzene rings is 1. The van der Waals surface area contributed by atoms with Gasteiger partial charge in [-0.1, -0.05) is 18.3 Å². The Morgan fingerprint density at radius 3 is 3.00 bits per heavy atom. The summed E-state index contributed by atoms with van der Waals surface area (Å²) in [6.07, 6.45) is 1.31. The molecule has 0 bridgehead atoms. The molecule has 5 nitrogen and oxygen atoms in total. The highest BCUT2D eigenvalue weighted by atomic mass is 32.1. The zero-order chi connectivity index (χ0) is 13.1. The van der Waals surface area contributed by atoms with Crippen LogP contribution in [0.3, 0.4) is 0 Å². The molecule has 1 aromatic carbocycles.